The van der Waals surface area contributed by atoms with Crippen LogP contribution in [-0.4, -0.2) is 82.0 Å². The van der Waals surface area contributed by atoms with Gasteiger partial charge in [0.2, 0.25) is 5.88 Å². The van der Waals surface area contributed by atoms with E-state index in [1.807, 2.05) is 37.3 Å². The molecule has 5 rings (SSSR count). The molecule has 0 aliphatic carbocycles. The Morgan fingerprint density at radius 3 is 2.51 bits per heavy atom. The summed E-state index contributed by atoms with van der Waals surface area (Å²) in [7, 11) is 0. The zero-order valence-corrected chi connectivity index (χ0v) is 25.5. The lowest BCUT2D eigenvalue weighted by atomic mass is 9.99. The molecule has 2 saturated heterocycles. The third-order valence-corrected chi connectivity index (χ3v) is 8.49. The predicted octanol–water partition coefficient (Wildman–Crippen LogP) is 5.55. The van der Waals surface area contributed by atoms with Crippen molar-refractivity contribution in [2.24, 2.45) is 0 Å². The van der Waals surface area contributed by atoms with Crippen molar-refractivity contribution in [3.63, 3.8) is 0 Å². The molecular weight excluding hydrogens is 540 g/mol. The van der Waals surface area contributed by atoms with Crippen LogP contribution in [0.25, 0.3) is 0 Å². The van der Waals surface area contributed by atoms with Gasteiger partial charge in [0.05, 0.1) is 11.9 Å². The molecule has 2 amide bonds. The van der Waals surface area contributed by atoms with Crippen molar-refractivity contribution in [1.29, 1.82) is 0 Å². The van der Waals surface area contributed by atoms with Crippen LogP contribution in [0.4, 0.5) is 10.5 Å². The molecular formula is C34H44N6O3. The van der Waals surface area contributed by atoms with Crippen molar-refractivity contribution in [3.8, 4) is 5.88 Å². The van der Waals surface area contributed by atoms with Gasteiger partial charge in [0.25, 0.3) is 5.91 Å². The Kier molecular flexibility index (Phi) is 10.7. The number of piperazine rings is 1. The third-order valence-electron chi connectivity index (χ3n) is 8.49. The first-order valence-electron chi connectivity index (χ1n) is 15.7. The zero-order valence-electron chi connectivity index (χ0n) is 25.5. The van der Waals surface area contributed by atoms with Crippen LogP contribution in [0.3, 0.4) is 0 Å². The summed E-state index contributed by atoms with van der Waals surface area (Å²) in [5.41, 5.74) is 4.54. The zero-order chi connectivity index (χ0) is 30.0. The topological polar surface area (TPSA) is 90.9 Å². The lowest BCUT2D eigenvalue weighted by Gasteiger charge is -2.35. The second-order valence-corrected chi connectivity index (χ2v) is 11.6. The SMILES string of the molecule is CCC1CCCCN1Cc1ccc(C(=O)Nc2ccc(OC(=O)N3CCN(CCCc4cccc(C)n4)CC3)nc2)cc1. The fourth-order valence-corrected chi connectivity index (χ4v) is 5.97. The molecule has 2 aliphatic heterocycles. The minimum atomic E-state index is -0.400. The number of hydrogen-bond donors (Lipinski definition) is 1. The Labute approximate surface area is 255 Å². The maximum absolute atomic E-state index is 12.8. The molecule has 43 heavy (non-hydrogen) atoms. The number of nitrogens with one attached hydrogen (secondary N) is 1. The lowest BCUT2D eigenvalue weighted by Crippen LogP contribution is -2.49. The van der Waals surface area contributed by atoms with Crippen molar-refractivity contribution in [1.82, 2.24) is 24.7 Å². The van der Waals surface area contributed by atoms with E-state index in [-0.39, 0.29) is 11.8 Å². The van der Waals surface area contributed by atoms with Crippen LogP contribution in [-0.2, 0) is 13.0 Å². The molecule has 2 aliphatic rings. The number of hydrogen-bond acceptors (Lipinski definition) is 7. The minimum Gasteiger partial charge on any atom is -0.391 e. The number of anilines is 1. The Balaban J connectivity index is 1.03. The molecule has 1 atom stereocenters. The van der Waals surface area contributed by atoms with E-state index >= 15 is 0 Å². The van der Waals surface area contributed by atoms with Gasteiger partial charge >= 0.3 is 6.09 Å². The van der Waals surface area contributed by atoms with Crippen molar-refractivity contribution < 1.29 is 14.3 Å². The minimum absolute atomic E-state index is 0.199. The first-order chi connectivity index (χ1) is 21.0. The van der Waals surface area contributed by atoms with E-state index in [1.54, 1.807) is 17.0 Å². The first-order valence-corrected chi connectivity index (χ1v) is 15.7. The van der Waals surface area contributed by atoms with Gasteiger partial charge in [0.15, 0.2) is 0 Å². The fourth-order valence-electron chi connectivity index (χ4n) is 5.97. The van der Waals surface area contributed by atoms with Gasteiger partial charge < -0.3 is 15.0 Å². The number of benzene rings is 1. The van der Waals surface area contributed by atoms with Gasteiger partial charge in [-0.1, -0.05) is 31.5 Å². The number of carbonyl (C=O) groups is 2. The van der Waals surface area contributed by atoms with Gasteiger partial charge in [0, 0.05) is 61.8 Å². The van der Waals surface area contributed by atoms with Crippen molar-refractivity contribution in [2.45, 2.75) is 65.0 Å². The summed E-state index contributed by atoms with van der Waals surface area (Å²) in [5.74, 6) is 0.0130. The number of aromatic nitrogens is 2. The molecule has 4 heterocycles. The molecule has 1 unspecified atom stereocenters. The predicted molar refractivity (Wildman–Crippen MR) is 168 cm³/mol. The molecule has 228 valence electrons. The van der Waals surface area contributed by atoms with Crippen molar-refractivity contribution in [3.05, 3.63) is 83.3 Å². The maximum Gasteiger partial charge on any atom is 0.416 e. The van der Waals surface area contributed by atoms with Crippen LogP contribution in [0.5, 0.6) is 5.88 Å². The number of ether oxygens (including phenoxy) is 1. The summed E-state index contributed by atoms with van der Waals surface area (Å²) in [6.07, 6.45) is 8.13. The van der Waals surface area contributed by atoms with E-state index in [2.05, 4.69) is 44.1 Å². The van der Waals surface area contributed by atoms with Gasteiger partial charge in [-0.2, -0.15) is 0 Å². The number of aryl methyl sites for hydroxylation is 2. The van der Waals surface area contributed by atoms with Gasteiger partial charge in [-0.15, -0.1) is 0 Å². The molecule has 0 radical (unpaired) electrons. The highest BCUT2D eigenvalue weighted by molar-refractivity contribution is 6.04. The fraction of sp³-hybridized carbons (Fsp3) is 0.471. The summed E-state index contributed by atoms with van der Waals surface area (Å²) in [6.45, 7) is 10.2. The molecule has 2 fully saturated rings. The van der Waals surface area contributed by atoms with E-state index < -0.39 is 6.09 Å². The van der Waals surface area contributed by atoms with Crippen LogP contribution >= 0.6 is 0 Å². The first kappa shape index (κ1) is 30.6. The van der Waals surface area contributed by atoms with Gasteiger partial charge in [0.1, 0.15) is 0 Å². The molecule has 0 saturated carbocycles. The Morgan fingerprint density at radius 1 is 0.977 bits per heavy atom. The van der Waals surface area contributed by atoms with Crippen LogP contribution in [0.1, 0.15) is 66.3 Å². The molecule has 1 aromatic carbocycles. The second-order valence-electron chi connectivity index (χ2n) is 11.6. The molecule has 3 aromatic rings. The number of nitrogens with zero attached hydrogens (tertiary/aromatic N) is 5. The van der Waals surface area contributed by atoms with Crippen LogP contribution < -0.4 is 10.1 Å². The molecule has 9 nitrogen and oxygen atoms in total. The summed E-state index contributed by atoms with van der Waals surface area (Å²) in [4.78, 5) is 41.0. The molecule has 2 aromatic heterocycles. The highest BCUT2D eigenvalue weighted by Crippen LogP contribution is 2.22. The highest BCUT2D eigenvalue weighted by Gasteiger charge is 2.23. The molecule has 9 heteroatoms. The average Bonchev–Trinajstić information content (AvgIpc) is 3.03. The Bertz CT molecular complexity index is 1340. The normalized spacial score (nSPS) is 17.9. The van der Waals surface area contributed by atoms with E-state index in [0.29, 0.717) is 30.4 Å². The standard InChI is InChI=1S/C34H44N6O3/c1-3-31-11-4-5-19-40(31)25-27-12-14-28(15-13-27)33(41)37-30-16-17-32(35-24-30)43-34(42)39-22-20-38(21-23-39)18-7-10-29-9-6-8-26(2)36-29/h6,8-9,12-17,24,31H,3-5,7,10-11,18-23,25H2,1-2H3,(H,37,41). The number of likely N-dealkylation sites (tertiary alicyclic amines) is 1. The van der Waals surface area contributed by atoms with Crippen molar-refractivity contribution in [2.75, 3.05) is 44.6 Å². The highest BCUT2D eigenvalue weighted by atomic mass is 16.6. The number of pyridine rings is 2. The molecule has 0 spiro atoms. The van der Waals surface area contributed by atoms with Crippen LogP contribution in [0, 0.1) is 6.92 Å². The smallest absolute Gasteiger partial charge is 0.391 e. The van der Waals surface area contributed by atoms with Crippen LogP contribution in [0.15, 0.2) is 60.8 Å². The van der Waals surface area contributed by atoms with E-state index in [1.165, 1.54) is 37.4 Å². The van der Waals surface area contributed by atoms with E-state index in [9.17, 15) is 9.59 Å². The quantitative estimate of drug-likeness (QED) is 0.334. The van der Waals surface area contributed by atoms with Gasteiger partial charge in [-0.3, -0.25) is 19.6 Å². The Morgan fingerprint density at radius 2 is 1.79 bits per heavy atom. The molecule has 0 bridgehead atoms. The van der Waals surface area contributed by atoms with E-state index in [4.69, 9.17) is 4.74 Å². The number of piperidine rings is 1. The van der Waals surface area contributed by atoms with Gasteiger partial charge in [-0.05, 0) is 88.0 Å². The number of amides is 2. The second kappa shape index (κ2) is 15.1. The van der Waals surface area contributed by atoms with Gasteiger partial charge in [-0.25, -0.2) is 9.78 Å². The van der Waals surface area contributed by atoms with E-state index in [0.717, 1.165) is 57.0 Å². The monoisotopic (exact) mass is 584 g/mol. The number of carbonyl (C=O) groups excluding carboxylic acids is 2. The van der Waals surface area contributed by atoms with Crippen LogP contribution in [0.2, 0.25) is 0 Å². The lowest BCUT2D eigenvalue weighted by molar-refractivity contribution is 0.102. The summed E-state index contributed by atoms with van der Waals surface area (Å²) in [6, 6.07) is 17.9. The third kappa shape index (κ3) is 8.84. The largest absolute Gasteiger partial charge is 0.416 e. The summed E-state index contributed by atoms with van der Waals surface area (Å²) in [5, 5.41) is 2.88. The number of rotatable bonds is 10. The summed E-state index contributed by atoms with van der Waals surface area (Å²) >= 11 is 0. The average molecular weight is 585 g/mol. The molecule has 1 N–H and O–H groups in total. The Hall–Kier alpha value is -3.82. The van der Waals surface area contributed by atoms with Crippen molar-refractivity contribution >= 4 is 17.7 Å². The maximum atomic E-state index is 12.8. The summed E-state index contributed by atoms with van der Waals surface area (Å²) < 4.78 is 5.51.